The number of rotatable bonds is 5. The van der Waals surface area contributed by atoms with E-state index >= 15 is 0 Å². The van der Waals surface area contributed by atoms with E-state index in [1.54, 1.807) is 19.1 Å². The summed E-state index contributed by atoms with van der Waals surface area (Å²) in [6, 6.07) is 12.8. The summed E-state index contributed by atoms with van der Waals surface area (Å²) < 4.78 is 1.39. The number of ketones is 1. The SMILES string of the molecule is Cc1[nH]c2ccccc2c1C(=O)C(=O)Nc1cc(-c2cccs2)nn1-c1nc2c(c(=O)[nH]1)CCCC2. The average molecular weight is 499 g/mol. The Hall–Kier alpha value is -4.31. The Balaban J connectivity index is 1.41. The highest BCUT2D eigenvalue weighted by Crippen LogP contribution is 2.28. The number of nitrogens with zero attached hydrogens (tertiary/aromatic N) is 3. The van der Waals surface area contributed by atoms with Crippen LogP contribution >= 0.6 is 11.3 Å². The van der Waals surface area contributed by atoms with Crippen molar-refractivity contribution in [2.45, 2.75) is 32.6 Å². The summed E-state index contributed by atoms with van der Waals surface area (Å²) in [6.07, 6.45) is 3.33. The minimum absolute atomic E-state index is 0.203. The number of nitrogens with one attached hydrogen (secondary N) is 3. The van der Waals surface area contributed by atoms with Crippen molar-refractivity contribution in [2.75, 3.05) is 5.32 Å². The Bertz CT molecular complexity index is 1690. The summed E-state index contributed by atoms with van der Waals surface area (Å²) >= 11 is 1.49. The van der Waals surface area contributed by atoms with Gasteiger partial charge in [-0.15, -0.1) is 11.3 Å². The summed E-state index contributed by atoms with van der Waals surface area (Å²) in [4.78, 5) is 50.7. The predicted molar refractivity (Wildman–Crippen MR) is 138 cm³/mol. The van der Waals surface area contributed by atoms with E-state index in [4.69, 9.17) is 0 Å². The van der Waals surface area contributed by atoms with E-state index in [-0.39, 0.29) is 17.3 Å². The number of Topliss-reactive ketones (excluding diaryl/α,β-unsaturated/α-hetero) is 1. The van der Waals surface area contributed by atoms with Crippen LogP contribution in [-0.2, 0) is 17.6 Å². The number of carbonyl (C=O) groups excluding carboxylic acids is 2. The van der Waals surface area contributed by atoms with Crippen molar-refractivity contribution in [2.24, 2.45) is 0 Å². The molecule has 0 radical (unpaired) electrons. The first-order chi connectivity index (χ1) is 17.5. The molecular formula is C26H22N6O3S. The molecule has 6 rings (SSSR count). The van der Waals surface area contributed by atoms with Crippen LogP contribution in [0.3, 0.4) is 0 Å². The van der Waals surface area contributed by atoms with Crippen LogP contribution in [0.25, 0.3) is 27.4 Å². The second-order valence-corrected chi connectivity index (χ2v) is 9.73. The van der Waals surface area contributed by atoms with Crippen LogP contribution in [0.5, 0.6) is 0 Å². The highest BCUT2D eigenvalue weighted by molar-refractivity contribution is 7.13. The van der Waals surface area contributed by atoms with Gasteiger partial charge in [-0.05, 0) is 50.1 Å². The molecule has 1 amide bonds. The molecule has 0 fully saturated rings. The minimum Gasteiger partial charge on any atom is -0.358 e. The first-order valence-electron chi connectivity index (χ1n) is 11.7. The van der Waals surface area contributed by atoms with Crippen LogP contribution in [0.2, 0.25) is 0 Å². The predicted octanol–water partition coefficient (Wildman–Crippen LogP) is 4.17. The molecule has 1 aliphatic rings. The molecule has 0 aliphatic heterocycles. The van der Waals surface area contributed by atoms with Crippen molar-refractivity contribution < 1.29 is 9.59 Å². The van der Waals surface area contributed by atoms with Crippen LogP contribution in [-0.4, -0.2) is 36.4 Å². The topological polar surface area (TPSA) is 126 Å². The number of amides is 1. The van der Waals surface area contributed by atoms with Gasteiger partial charge >= 0.3 is 0 Å². The van der Waals surface area contributed by atoms with Gasteiger partial charge in [0.1, 0.15) is 11.5 Å². The first-order valence-corrected chi connectivity index (χ1v) is 12.6. The van der Waals surface area contributed by atoms with Gasteiger partial charge in [0.25, 0.3) is 17.2 Å². The normalized spacial score (nSPS) is 13.0. The van der Waals surface area contributed by atoms with E-state index in [0.717, 1.165) is 28.9 Å². The van der Waals surface area contributed by atoms with Gasteiger partial charge in [-0.3, -0.25) is 19.4 Å². The zero-order valence-electron chi connectivity index (χ0n) is 19.4. The lowest BCUT2D eigenvalue weighted by Gasteiger charge is -2.15. The van der Waals surface area contributed by atoms with E-state index in [2.05, 4.69) is 25.4 Å². The highest BCUT2D eigenvalue weighted by Gasteiger charge is 2.25. The third-order valence-electron chi connectivity index (χ3n) is 6.43. The van der Waals surface area contributed by atoms with Gasteiger partial charge in [0.2, 0.25) is 5.95 Å². The number of aromatic amines is 2. The molecule has 0 bridgehead atoms. The van der Waals surface area contributed by atoms with Crippen LogP contribution in [0.4, 0.5) is 5.82 Å². The van der Waals surface area contributed by atoms with Gasteiger partial charge in [0.15, 0.2) is 0 Å². The van der Waals surface area contributed by atoms with Gasteiger partial charge in [0, 0.05) is 28.2 Å². The molecule has 0 saturated carbocycles. The number of thiophene rings is 1. The fourth-order valence-electron chi connectivity index (χ4n) is 4.72. The summed E-state index contributed by atoms with van der Waals surface area (Å²) in [5.41, 5.74) is 3.56. The number of anilines is 1. The van der Waals surface area contributed by atoms with Crippen LogP contribution in [0.1, 0.15) is 40.2 Å². The number of aryl methyl sites for hydroxylation is 2. The lowest BCUT2D eigenvalue weighted by Crippen LogP contribution is -2.27. The lowest BCUT2D eigenvalue weighted by atomic mass is 9.97. The zero-order valence-corrected chi connectivity index (χ0v) is 20.2. The molecule has 5 aromatic rings. The van der Waals surface area contributed by atoms with E-state index in [9.17, 15) is 14.4 Å². The first kappa shape index (κ1) is 22.2. The quantitative estimate of drug-likeness (QED) is 0.248. The number of aromatic nitrogens is 5. The highest BCUT2D eigenvalue weighted by atomic mass is 32.1. The van der Waals surface area contributed by atoms with Gasteiger partial charge in [-0.25, -0.2) is 4.98 Å². The van der Waals surface area contributed by atoms with Crippen molar-refractivity contribution in [3.05, 3.63) is 80.7 Å². The molecule has 4 heterocycles. The molecule has 4 aromatic heterocycles. The third-order valence-corrected chi connectivity index (χ3v) is 7.32. The Kier molecular flexibility index (Phi) is 5.37. The molecular weight excluding hydrogens is 476 g/mol. The van der Waals surface area contributed by atoms with E-state index in [0.29, 0.717) is 40.7 Å². The molecule has 0 spiro atoms. The monoisotopic (exact) mass is 498 g/mol. The lowest BCUT2D eigenvalue weighted by molar-refractivity contribution is -0.112. The molecule has 180 valence electrons. The summed E-state index contributed by atoms with van der Waals surface area (Å²) in [5, 5.41) is 9.94. The fourth-order valence-corrected chi connectivity index (χ4v) is 5.40. The molecule has 9 nitrogen and oxygen atoms in total. The zero-order chi connectivity index (χ0) is 24.8. The Morgan fingerprint density at radius 3 is 2.75 bits per heavy atom. The van der Waals surface area contributed by atoms with Gasteiger partial charge < -0.3 is 10.3 Å². The number of hydrogen-bond donors (Lipinski definition) is 3. The second-order valence-electron chi connectivity index (χ2n) is 8.78. The number of fused-ring (bicyclic) bond motifs is 2. The van der Waals surface area contributed by atoms with E-state index in [1.165, 1.54) is 16.0 Å². The summed E-state index contributed by atoms with van der Waals surface area (Å²) in [6.45, 7) is 1.77. The summed E-state index contributed by atoms with van der Waals surface area (Å²) in [7, 11) is 0. The number of para-hydroxylation sites is 1. The van der Waals surface area contributed by atoms with Crippen molar-refractivity contribution in [1.82, 2.24) is 24.7 Å². The standard InChI is InChI=1S/C26H22N6O3S/c1-14-22(15-7-2-4-9-17(15)27-14)23(33)25(35)29-21-13-19(20-11-6-12-36-20)31-32(21)26-28-18-10-5-3-8-16(18)24(34)30-26/h2,4,6-7,9,11-13,27H,3,5,8,10H2,1H3,(H,29,35)(H,28,30,34). The number of H-pyrrole nitrogens is 2. The molecule has 0 atom stereocenters. The largest absolute Gasteiger partial charge is 0.358 e. The van der Waals surface area contributed by atoms with Gasteiger partial charge in [-0.1, -0.05) is 24.3 Å². The number of benzene rings is 1. The number of hydrogen-bond acceptors (Lipinski definition) is 6. The van der Waals surface area contributed by atoms with Gasteiger partial charge in [-0.2, -0.15) is 9.78 Å². The molecule has 1 aromatic carbocycles. The fraction of sp³-hybridized carbons (Fsp3) is 0.192. The Labute approximate surface area is 209 Å². The van der Waals surface area contributed by atoms with Crippen molar-refractivity contribution in [3.63, 3.8) is 0 Å². The molecule has 3 N–H and O–H groups in total. The molecule has 1 aliphatic carbocycles. The maximum atomic E-state index is 13.2. The Morgan fingerprint density at radius 2 is 1.92 bits per heavy atom. The van der Waals surface area contributed by atoms with E-state index < -0.39 is 11.7 Å². The maximum Gasteiger partial charge on any atom is 0.298 e. The van der Waals surface area contributed by atoms with Crippen LogP contribution in [0.15, 0.2) is 52.6 Å². The van der Waals surface area contributed by atoms with Crippen molar-refractivity contribution in [3.8, 4) is 16.5 Å². The van der Waals surface area contributed by atoms with Crippen LogP contribution < -0.4 is 10.9 Å². The van der Waals surface area contributed by atoms with Gasteiger partial charge in [0.05, 0.1) is 16.1 Å². The molecule has 0 saturated heterocycles. The molecule has 10 heteroatoms. The maximum absolute atomic E-state index is 13.2. The second kappa shape index (κ2) is 8.72. The number of carbonyl (C=O) groups is 2. The third kappa shape index (κ3) is 3.75. The Morgan fingerprint density at radius 1 is 1.08 bits per heavy atom. The summed E-state index contributed by atoms with van der Waals surface area (Å²) in [5.74, 6) is -1.02. The van der Waals surface area contributed by atoms with Crippen molar-refractivity contribution >= 4 is 39.7 Å². The smallest absolute Gasteiger partial charge is 0.298 e. The van der Waals surface area contributed by atoms with Crippen molar-refractivity contribution in [1.29, 1.82) is 0 Å². The molecule has 0 unspecified atom stereocenters. The minimum atomic E-state index is -0.804. The average Bonchev–Trinajstić information content (AvgIpc) is 3.62. The molecule has 36 heavy (non-hydrogen) atoms. The van der Waals surface area contributed by atoms with E-state index in [1.807, 2.05) is 35.7 Å². The van der Waals surface area contributed by atoms with Crippen LogP contribution in [0, 0.1) is 6.92 Å².